The van der Waals surface area contributed by atoms with Gasteiger partial charge in [-0.1, -0.05) is 17.7 Å². The molecule has 1 aliphatic rings. The Kier molecular flexibility index (Phi) is 6.20. The summed E-state index contributed by atoms with van der Waals surface area (Å²) in [5.41, 5.74) is 3.81. The van der Waals surface area contributed by atoms with E-state index < -0.39 is 0 Å². The largest absolute Gasteiger partial charge is 0.368 e. The van der Waals surface area contributed by atoms with Gasteiger partial charge in [-0.05, 0) is 48.9 Å². The molecule has 1 N–H and O–H groups in total. The smallest absolute Gasteiger partial charge is 0.228 e. The van der Waals surface area contributed by atoms with Gasteiger partial charge in [0.1, 0.15) is 5.82 Å². The second kappa shape index (κ2) is 9.02. The number of nitrogens with zero attached hydrogens (tertiary/aromatic N) is 3. The van der Waals surface area contributed by atoms with E-state index in [1.807, 2.05) is 28.5 Å². The van der Waals surface area contributed by atoms with Crippen LogP contribution in [0, 0.1) is 12.7 Å². The average molecular weight is 445 g/mol. The molecule has 156 valence electrons. The molecular weight excluding hydrogens is 423 g/mol. The highest BCUT2D eigenvalue weighted by Gasteiger charge is 2.23. The van der Waals surface area contributed by atoms with Crippen molar-refractivity contribution < 1.29 is 9.18 Å². The quantitative estimate of drug-likeness (QED) is 0.609. The van der Waals surface area contributed by atoms with Gasteiger partial charge in [-0.25, -0.2) is 9.37 Å². The van der Waals surface area contributed by atoms with Crippen molar-refractivity contribution in [2.75, 3.05) is 36.4 Å². The molecule has 0 radical (unpaired) electrons. The lowest BCUT2D eigenvalue weighted by molar-refractivity contribution is -0.130. The Labute approximate surface area is 184 Å². The van der Waals surface area contributed by atoms with Crippen LogP contribution in [0.5, 0.6) is 0 Å². The first-order chi connectivity index (χ1) is 14.5. The van der Waals surface area contributed by atoms with Crippen molar-refractivity contribution in [3.63, 3.8) is 0 Å². The van der Waals surface area contributed by atoms with Crippen molar-refractivity contribution >= 4 is 45.4 Å². The molecule has 1 saturated heterocycles. The summed E-state index contributed by atoms with van der Waals surface area (Å²) in [4.78, 5) is 21.4. The molecule has 8 heteroatoms. The first-order valence-electron chi connectivity index (χ1n) is 9.74. The van der Waals surface area contributed by atoms with E-state index in [1.165, 1.54) is 29.0 Å². The Balaban J connectivity index is 1.31. The Bertz CT molecular complexity index is 1030. The fraction of sp³-hybridized carbons (Fsp3) is 0.273. The molecule has 0 aliphatic carbocycles. The molecule has 1 amide bonds. The summed E-state index contributed by atoms with van der Waals surface area (Å²) < 4.78 is 13.0. The Morgan fingerprint density at radius 2 is 1.90 bits per heavy atom. The number of benzene rings is 2. The highest BCUT2D eigenvalue weighted by molar-refractivity contribution is 7.13. The summed E-state index contributed by atoms with van der Waals surface area (Å²) in [6.45, 7) is 4.98. The fourth-order valence-corrected chi connectivity index (χ4v) is 4.39. The number of amides is 1. The van der Waals surface area contributed by atoms with Crippen LogP contribution in [-0.2, 0) is 11.2 Å². The van der Waals surface area contributed by atoms with Gasteiger partial charge in [0.15, 0.2) is 5.13 Å². The van der Waals surface area contributed by atoms with Gasteiger partial charge in [-0.3, -0.25) is 4.79 Å². The number of carbonyl (C=O) groups is 1. The molecule has 0 bridgehead atoms. The van der Waals surface area contributed by atoms with Crippen LogP contribution >= 0.6 is 22.9 Å². The standard InChI is InChI=1S/C22H22ClFN4OS/c1-15-2-3-16(23)12-20(15)27-8-10-28(11-9-27)21(29)13-19-14-30-22(26-19)25-18-6-4-17(24)5-7-18/h2-7,12,14H,8-11,13H2,1H3,(H,25,26). The number of thiazole rings is 1. The zero-order valence-electron chi connectivity index (χ0n) is 16.6. The second-order valence-electron chi connectivity index (χ2n) is 7.25. The summed E-state index contributed by atoms with van der Waals surface area (Å²) in [5, 5.41) is 6.43. The molecule has 0 spiro atoms. The van der Waals surface area contributed by atoms with Crippen LogP contribution in [-0.4, -0.2) is 42.0 Å². The summed E-state index contributed by atoms with van der Waals surface area (Å²) >= 11 is 7.58. The number of hydrogen-bond donors (Lipinski definition) is 1. The zero-order chi connectivity index (χ0) is 21.1. The van der Waals surface area contributed by atoms with Crippen molar-refractivity contribution in [1.29, 1.82) is 0 Å². The number of carbonyl (C=O) groups excluding carboxylic acids is 1. The van der Waals surface area contributed by atoms with Gasteiger partial charge in [0, 0.05) is 48.0 Å². The number of nitrogens with one attached hydrogen (secondary N) is 1. The van der Waals surface area contributed by atoms with E-state index in [2.05, 4.69) is 22.1 Å². The Hall–Kier alpha value is -2.64. The minimum atomic E-state index is -0.281. The van der Waals surface area contributed by atoms with Gasteiger partial charge in [-0.15, -0.1) is 11.3 Å². The first kappa shape index (κ1) is 20.6. The summed E-state index contributed by atoms with van der Waals surface area (Å²) in [6, 6.07) is 12.0. The van der Waals surface area contributed by atoms with Crippen molar-refractivity contribution in [3.8, 4) is 0 Å². The van der Waals surface area contributed by atoms with Crippen LogP contribution in [0.25, 0.3) is 0 Å². The Morgan fingerprint density at radius 1 is 1.17 bits per heavy atom. The number of aryl methyl sites for hydroxylation is 1. The van der Waals surface area contributed by atoms with E-state index >= 15 is 0 Å². The van der Waals surface area contributed by atoms with Gasteiger partial charge in [0.25, 0.3) is 0 Å². The highest BCUT2D eigenvalue weighted by Crippen LogP contribution is 2.26. The van der Waals surface area contributed by atoms with Crippen LogP contribution in [0.15, 0.2) is 47.8 Å². The van der Waals surface area contributed by atoms with Gasteiger partial charge in [0.05, 0.1) is 12.1 Å². The third kappa shape index (κ3) is 4.91. The molecule has 2 heterocycles. The van der Waals surface area contributed by atoms with Crippen LogP contribution in [0.4, 0.5) is 20.9 Å². The van der Waals surface area contributed by atoms with E-state index in [-0.39, 0.29) is 18.1 Å². The number of halogens is 2. The molecule has 1 aliphatic heterocycles. The lowest BCUT2D eigenvalue weighted by Gasteiger charge is -2.36. The van der Waals surface area contributed by atoms with Gasteiger partial charge in [0.2, 0.25) is 5.91 Å². The van der Waals surface area contributed by atoms with Crippen molar-refractivity contribution in [1.82, 2.24) is 9.88 Å². The van der Waals surface area contributed by atoms with Gasteiger partial charge < -0.3 is 15.1 Å². The normalized spacial score (nSPS) is 14.1. The second-order valence-corrected chi connectivity index (χ2v) is 8.55. The van der Waals surface area contributed by atoms with E-state index in [0.717, 1.165) is 35.2 Å². The molecule has 2 aromatic carbocycles. The molecule has 4 rings (SSSR count). The Morgan fingerprint density at radius 3 is 2.63 bits per heavy atom. The third-order valence-corrected chi connectivity index (χ3v) is 6.17. The van der Waals surface area contributed by atoms with E-state index in [1.54, 1.807) is 12.1 Å². The maximum Gasteiger partial charge on any atom is 0.228 e. The topological polar surface area (TPSA) is 48.5 Å². The zero-order valence-corrected chi connectivity index (χ0v) is 18.1. The lowest BCUT2D eigenvalue weighted by atomic mass is 10.1. The number of rotatable bonds is 5. The molecule has 5 nitrogen and oxygen atoms in total. The van der Waals surface area contributed by atoms with Crippen molar-refractivity contribution in [2.24, 2.45) is 0 Å². The van der Waals surface area contributed by atoms with E-state index in [0.29, 0.717) is 18.2 Å². The maximum atomic E-state index is 13.0. The first-order valence-corrected chi connectivity index (χ1v) is 11.0. The fourth-order valence-electron chi connectivity index (χ4n) is 3.49. The minimum absolute atomic E-state index is 0.0797. The predicted molar refractivity (Wildman–Crippen MR) is 120 cm³/mol. The van der Waals surface area contributed by atoms with Crippen LogP contribution in [0.1, 0.15) is 11.3 Å². The molecule has 1 fully saturated rings. The number of aromatic nitrogens is 1. The number of hydrogen-bond acceptors (Lipinski definition) is 5. The molecule has 30 heavy (non-hydrogen) atoms. The SMILES string of the molecule is Cc1ccc(Cl)cc1N1CCN(C(=O)Cc2csc(Nc3ccc(F)cc3)n2)CC1. The minimum Gasteiger partial charge on any atom is -0.368 e. The third-order valence-electron chi connectivity index (χ3n) is 5.12. The van der Waals surface area contributed by atoms with Crippen molar-refractivity contribution in [3.05, 3.63) is 69.9 Å². The van der Waals surface area contributed by atoms with Crippen LogP contribution in [0.3, 0.4) is 0 Å². The predicted octanol–water partition coefficient (Wildman–Crippen LogP) is 4.88. The molecular formula is C22H22ClFN4OS. The van der Waals surface area contributed by atoms with E-state index in [4.69, 9.17) is 11.6 Å². The summed E-state index contributed by atoms with van der Waals surface area (Å²) in [5.74, 6) is -0.201. The summed E-state index contributed by atoms with van der Waals surface area (Å²) in [6.07, 6.45) is 0.276. The molecule has 0 saturated carbocycles. The molecule has 3 aromatic rings. The summed E-state index contributed by atoms with van der Waals surface area (Å²) in [7, 11) is 0. The maximum absolute atomic E-state index is 13.0. The van der Waals surface area contributed by atoms with Crippen LogP contribution in [0.2, 0.25) is 5.02 Å². The molecule has 0 unspecified atom stereocenters. The molecule has 0 atom stereocenters. The van der Waals surface area contributed by atoms with Gasteiger partial charge >= 0.3 is 0 Å². The lowest BCUT2D eigenvalue weighted by Crippen LogP contribution is -2.49. The van der Waals surface area contributed by atoms with E-state index in [9.17, 15) is 9.18 Å². The molecule has 1 aromatic heterocycles. The number of anilines is 3. The highest BCUT2D eigenvalue weighted by atomic mass is 35.5. The average Bonchev–Trinajstić information content (AvgIpc) is 3.18. The van der Waals surface area contributed by atoms with Gasteiger partial charge in [-0.2, -0.15) is 0 Å². The monoisotopic (exact) mass is 444 g/mol. The number of piperazine rings is 1. The van der Waals surface area contributed by atoms with Crippen LogP contribution < -0.4 is 10.2 Å². The van der Waals surface area contributed by atoms with Crippen molar-refractivity contribution in [2.45, 2.75) is 13.3 Å².